The molecule has 0 aliphatic carbocycles. The fourth-order valence-corrected chi connectivity index (χ4v) is 2.56. The highest BCUT2D eigenvalue weighted by molar-refractivity contribution is 7.09. The third kappa shape index (κ3) is 3.17. The zero-order chi connectivity index (χ0) is 12.3. The lowest BCUT2D eigenvalue weighted by molar-refractivity contribution is 0.791. The molecule has 0 aliphatic heterocycles. The summed E-state index contributed by atoms with van der Waals surface area (Å²) in [7, 11) is 0. The Balaban J connectivity index is 2.03. The van der Waals surface area contributed by atoms with Crippen LogP contribution in [0, 0.1) is 6.92 Å². The van der Waals surface area contributed by atoms with E-state index in [0.29, 0.717) is 11.2 Å². The first-order valence-electron chi connectivity index (χ1n) is 5.43. The quantitative estimate of drug-likeness (QED) is 0.861. The number of nitrogens with one attached hydrogen (secondary N) is 1. The third-order valence-electron chi connectivity index (χ3n) is 2.49. The monoisotopic (exact) mass is 267 g/mol. The van der Waals surface area contributed by atoms with Crippen LogP contribution in [-0.2, 0) is 6.42 Å². The highest BCUT2D eigenvalue weighted by Crippen LogP contribution is 2.20. The molecule has 0 radical (unpaired) electrons. The minimum Gasteiger partial charge on any atom is -0.367 e. The first-order valence-corrected chi connectivity index (χ1v) is 6.68. The van der Waals surface area contributed by atoms with Crippen LogP contribution < -0.4 is 5.32 Å². The fraction of sp³-hybridized carbons (Fsp3) is 0.333. The molecule has 0 saturated heterocycles. The van der Waals surface area contributed by atoms with Gasteiger partial charge in [-0.15, -0.1) is 11.3 Å². The minimum atomic E-state index is 0.318. The maximum atomic E-state index is 5.95. The fourth-order valence-electron chi connectivity index (χ4n) is 1.59. The van der Waals surface area contributed by atoms with E-state index in [1.54, 1.807) is 11.3 Å². The van der Waals surface area contributed by atoms with Gasteiger partial charge in [0.15, 0.2) is 0 Å². The van der Waals surface area contributed by atoms with Crippen LogP contribution in [0.4, 0.5) is 5.82 Å². The lowest BCUT2D eigenvalue weighted by Gasteiger charge is -2.15. The molecule has 1 atom stereocenters. The predicted molar refractivity (Wildman–Crippen MR) is 72.9 cm³/mol. The van der Waals surface area contributed by atoms with Gasteiger partial charge in [-0.05, 0) is 25.3 Å². The lowest BCUT2D eigenvalue weighted by Crippen LogP contribution is -2.19. The molecule has 2 aromatic heterocycles. The number of hydrogen-bond acceptors (Lipinski definition) is 4. The van der Waals surface area contributed by atoms with Gasteiger partial charge in [-0.2, -0.15) is 0 Å². The van der Waals surface area contributed by atoms with Crippen LogP contribution in [0.25, 0.3) is 0 Å². The molecule has 17 heavy (non-hydrogen) atoms. The van der Waals surface area contributed by atoms with Crippen LogP contribution in [-0.4, -0.2) is 16.0 Å². The molecule has 0 aliphatic rings. The van der Waals surface area contributed by atoms with Crippen molar-refractivity contribution in [3.63, 3.8) is 0 Å². The summed E-state index contributed by atoms with van der Waals surface area (Å²) in [6, 6.07) is 4.53. The Morgan fingerprint density at radius 3 is 3.00 bits per heavy atom. The Morgan fingerprint density at radius 2 is 2.29 bits per heavy atom. The molecular formula is C12H14ClN3S. The molecule has 3 nitrogen and oxygen atoms in total. The lowest BCUT2D eigenvalue weighted by atomic mass is 10.2. The van der Waals surface area contributed by atoms with E-state index >= 15 is 0 Å². The Hall–Kier alpha value is -1.13. The molecule has 0 aromatic carbocycles. The average molecular weight is 268 g/mol. The molecular weight excluding hydrogens is 254 g/mol. The Kier molecular flexibility index (Phi) is 3.97. The van der Waals surface area contributed by atoms with Gasteiger partial charge >= 0.3 is 0 Å². The van der Waals surface area contributed by atoms with E-state index in [1.165, 1.54) is 11.2 Å². The average Bonchev–Trinajstić information content (AvgIpc) is 2.77. The number of halogens is 1. The van der Waals surface area contributed by atoms with Crippen LogP contribution in [0.3, 0.4) is 0 Å². The van der Waals surface area contributed by atoms with E-state index in [2.05, 4.69) is 39.7 Å². The van der Waals surface area contributed by atoms with Crippen molar-refractivity contribution in [1.29, 1.82) is 0 Å². The number of rotatable bonds is 4. The van der Waals surface area contributed by atoms with E-state index in [0.717, 1.165) is 17.8 Å². The molecule has 1 unspecified atom stereocenters. The summed E-state index contributed by atoms with van der Waals surface area (Å²) in [5.74, 6) is 0.814. The Morgan fingerprint density at radius 1 is 1.47 bits per heavy atom. The molecule has 0 spiro atoms. The summed E-state index contributed by atoms with van der Waals surface area (Å²) in [5.41, 5.74) is 0.896. The second-order valence-electron chi connectivity index (χ2n) is 3.97. The zero-order valence-corrected chi connectivity index (χ0v) is 11.3. The second kappa shape index (κ2) is 5.47. The summed E-state index contributed by atoms with van der Waals surface area (Å²) < 4.78 is 0. The van der Waals surface area contributed by atoms with E-state index in [4.69, 9.17) is 11.6 Å². The van der Waals surface area contributed by atoms with Gasteiger partial charge in [-0.3, -0.25) is 0 Å². The summed E-state index contributed by atoms with van der Waals surface area (Å²) in [6.45, 7) is 4.05. The molecule has 2 aromatic rings. The standard InChI is InChI=1S/C12H14ClN3S/c1-8(6-10-4-3-5-17-10)16-12-9(2)11(13)14-7-15-12/h3-5,7-8H,6H2,1-2H3,(H,14,15,16). The molecule has 0 saturated carbocycles. The Labute approximate surface area is 110 Å². The van der Waals surface area contributed by atoms with Crippen LogP contribution in [0.5, 0.6) is 0 Å². The molecule has 1 N–H and O–H groups in total. The van der Waals surface area contributed by atoms with E-state index < -0.39 is 0 Å². The first kappa shape index (κ1) is 12.3. The zero-order valence-electron chi connectivity index (χ0n) is 9.77. The van der Waals surface area contributed by atoms with Crippen molar-refractivity contribution in [2.75, 3.05) is 5.32 Å². The largest absolute Gasteiger partial charge is 0.367 e. The number of anilines is 1. The molecule has 0 amide bonds. The highest BCUT2D eigenvalue weighted by atomic mass is 35.5. The van der Waals surface area contributed by atoms with Gasteiger partial charge < -0.3 is 5.32 Å². The smallest absolute Gasteiger partial charge is 0.137 e. The van der Waals surface area contributed by atoms with Gasteiger partial charge in [0, 0.05) is 22.9 Å². The van der Waals surface area contributed by atoms with Crippen molar-refractivity contribution in [3.05, 3.63) is 39.4 Å². The summed E-state index contributed by atoms with van der Waals surface area (Å²) >= 11 is 7.72. The normalized spacial score (nSPS) is 12.4. The second-order valence-corrected chi connectivity index (χ2v) is 5.36. The maximum Gasteiger partial charge on any atom is 0.137 e. The number of thiophene rings is 1. The van der Waals surface area contributed by atoms with Gasteiger partial charge in [0.05, 0.1) is 0 Å². The molecule has 0 fully saturated rings. The van der Waals surface area contributed by atoms with Crippen molar-refractivity contribution >= 4 is 28.8 Å². The molecule has 0 bridgehead atoms. The highest BCUT2D eigenvalue weighted by Gasteiger charge is 2.09. The minimum absolute atomic E-state index is 0.318. The van der Waals surface area contributed by atoms with Crippen LogP contribution in [0.15, 0.2) is 23.8 Å². The molecule has 2 heterocycles. The maximum absolute atomic E-state index is 5.95. The van der Waals surface area contributed by atoms with Crippen molar-refractivity contribution < 1.29 is 0 Å². The van der Waals surface area contributed by atoms with E-state index in [-0.39, 0.29) is 0 Å². The van der Waals surface area contributed by atoms with Gasteiger partial charge in [0.2, 0.25) is 0 Å². The number of hydrogen-bond donors (Lipinski definition) is 1. The Bertz CT molecular complexity index is 485. The van der Waals surface area contributed by atoms with Crippen molar-refractivity contribution in [2.24, 2.45) is 0 Å². The number of nitrogens with zero attached hydrogens (tertiary/aromatic N) is 2. The molecule has 5 heteroatoms. The van der Waals surface area contributed by atoms with Crippen LogP contribution in [0.1, 0.15) is 17.4 Å². The van der Waals surface area contributed by atoms with E-state index in [9.17, 15) is 0 Å². The van der Waals surface area contributed by atoms with Gasteiger partial charge in [-0.1, -0.05) is 17.7 Å². The SMILES string of the molecule is Cc1c(Cl)ncnc1NC(C)Cc1cccs1. The van der Waals surface area contributed by atoms with Gasteiger partial charge in [0.25, 0.3) is 0 Å². The predicted octanol–water partition coefficient (Wildman–Crippen LogP) is 3.54. The molecule has 2 rings (SSSR count). The summed E-state index contributed by atoms with van der Waals surface area (Å²) in [4.78, 5) is 9.51. The topological polar surface area (TPSA) is 37.8 Å². The molecule has 90 valence electrons. The van der Waals surface area contributed by atoms with Crippen LogP contribution >= 0.6 is 22.9 Å². The van der Waals surface area contributed by atoms with Crippen molar-refractivity contribution in [2.45, 2.75) is 26.3 Å². The van der Waals surface area contributed by atoms with Crippen molar-refractivity contribution in [3.8, 4) is 0 Å². The van der Waals surface area contributed by atoms with E-state index in [1.807, 2.05) is 6.92 Å². The van der Waals surface area contributed by atoms with Gasteiger partial charge in [0.1, 0.15) is 17.3 Å². The van der Waals surface area contributed by atoms with Crippen molar-refractivity contribution in [1.82, 2.24) is 9.97 Å². The third-order valence-corrected chi connectivity index (χ3v) is 3.77. The van der Waals surface area contributed by atoms with Gasteiger partial charge in [-0.25, -0.2) is 9.97 Å². The first-order chi connectivity index (χ1) is 8.16. The summed E-state index contributed by atoms with van der Waals surface area (Å²) in [5, 5.41) is 5.96. The number of aromatic nitrogens is 2. The van der Waals surface area contributed by atoms with Crippen LogP contribution in [0.2, 0.25) is 5.15 Å². The summed E-state index contributed by atoms with van der Waals surface area (Å²) in [6.07, 6.45) is 2.47.